The van der Waals surface area contributed by atoms with Gasteiger partial charge in [-0.15, -0.1) is 0 Å². The maximum Gasteiger partial charge on any atom is -0.00946 e. The van der Waals surface area contributed by atoms with Gasteiger partial charge in [-0.2, -0.15) is 0 Å². The minimum Gasteiger partial charge on any atom is -0.0833 e. The monoisotopic (exact) mass is 184 g/mol. The highest BCUT2D eigenvalue weighted by Crippen LogP contribution is 2.50. The van der Waals surface area contributed by atoms with E-state index in [1.165, 1.54) is 18.4 Å². The van der Waals surface area contributed by atoms with Gasteiger partial charge in [0.1, 0.15) is 0 Å². The van der Waals surface area contributed by atoms with Gasteiger partial charge in [-0.1, -0.05) is 44.2 Å². The van der Waals surface area contributed by atoms with Gasteiger partial charge in [-0.05, 0) is 40.9 Å². The molecule has 0 nitrogen and oxygen atoms in total. The lowest BCUT2D eigenvalue weighted by Crippen LogP contribution is -2.11. The largest absolute Gasteiger partial charge is 0.0833 e. The molecule has 0 fully saturated rings. The summed E-state index contributed by atoms with van der Waals surface area (Å²) in [7, 11) is 0. The molecule has 0 amide bonds. The number of allylic oxidation sites excluding steroid dienone is 1. The summed E-state index contributed by atoms with van der Waals surface area (Å²) < 4.78 is 0. The van der Waals surface area contributed by atoms with Crippen LogP contribution in [0, 0.1) is 0 Å². The molecule has 72 valence electrons. The molecular weight excluding hydrogens is 168 g/mol. The summed E-state index contributed by atoms with van der Waals surface area (Å²) in [6.45, 7) is 4.75. The van der Waals surface area contributed by atoms with Crippen LogP contribution < -0.4 is 0 Å². The van der Waals surface area contributed by atoms with E-state index in [0.717, 1.165) is 5.92 Å². The SMILES string of the molecule is CC1(C)CC2CC=Cc3cccc1c32. The molecular formula is C14H16. The van der Waals surface area contributed by atoms with Crippen LogP contribution in [0.3, 0.4) is 0 Å². The molecule has 0 saturated heterocycles. The Morgan fingerprint density at radius 1 is 1.29 bits per heavy atom. The summed E-state index contributed by atoms with van der Waals surface area (Å²) in [5.74, 6) is 0.793. The van der Waals surface area contributed by atoms with E-state index >= 15 is 0 Å². The summed E-state index contributed by atoms with van der Waals surface area (Å²) >= 11 is 0. The zero-order valence-electron chi connectivity index (χ0n) is 8.88. The van der Waals surface area contributed by atoms with Gasteiger partial charge in [-0.25, -0.2) is 0 Å². The van der Waals surface area contributed by atoms with Gasteiger partial charge < -0.3 is 0 Å². The highest BCUT2D eigenvalue weighted by Gasteiger charge is 2.37. The van der Waals surface area contributed by atoms with E-state index in [0.29, 0.717) is 5.41 Å². The first-order valence-corrected chi connectivity index (χ1v) is 5.48. The standard InChI is InChI=1S/C14H16/c1-14(2)9-11-7-3-5-10-6-4-8-12(14)13(10)11/h3-6,8,11H,7,9H2,1-2H3. The van der Waals surface area contributed by atoms with Crippen molar-refractivity contribution < 1.29 is 0 Å². The van der Waals surface area contributed by atoms with E-state index in [4.69, 9.17) is 0 Å². The molecule has 2 aliphatic rings. The van der Waals surface area contributed by atoms with Crippen LogP contribution >= 0.6 is 0 Å². The third kappa shape index (κ3) is 0.943. The fraction of sp³-hybridized carbons (Fsp3) is 0.429. The Bertz CT molecular complexity index is 410. The predicted molar refractivity (Wildman–Crippen MR) is 60.5 cm³/mol. The Kier molecular flexibility index (Phi) is 1.48. The molecule has 2 aliphatic carbocycles. The molecule has 0 heterocycles. The van der Waals surface area contributed by atoms with Crippen molar-refractivity contribution in [1.82, 2.24) is 0 Å². The van der Waals surface area contributed by atoms with E-state index in [1.807, 2.05) is 0 Å². The Morgan fingerprint density at radius 2 is 2.14 bits per heavy atom. The molecule has 1 atom stereocenters. The van der Waals surface area contributed by atoms with Gasteiger partial charge >= 0.3 is 0 Å². The molecule has 1 unspecified atom stereocenters. The molecule has 1 aromatic rings. The normalized spacial score (nSPS) is 26.3. The van der Waals surface area contributed by atoms with E-state index in [2.05, 4.69) is 44.2 Å². The summed E-state index contributed by atoms with van der Waals surface area (Å²) in [6, 6.07) is 6.77. The van der Waals surface area contributed by atoms with Gasteiger partial charge in [0.25, 0.3) is 0 Å². The Balaban J connectivity index is 2.30. The smallest absolute Gasteiger partial charge is 0.00946 e. The van der Waals surface area contributed by atoms with Crippen molar-refractivity contribution in [3.63, 3.8) is 0 Å². The maximum atomic E-state index is 2.38. The lowest BCUT2D eigenvalue weighted by molar-refractivity contribution is 0.476. The molecule has 0 heteroatoms. The fourth-order valence-electron chi connectivity index (χ4n) is 3.16. The topological polar surface area (TPSA) is 0 Å². The molecule has 0 aliphatic heterocycles. The lowest BCUT2D eigenvalue weighted by Gasteiger charge is -2.18. The first kappa shape index (κ1) is 8.28. The predicted octanol–water partition coefficient (Wildman–Crippen LogP) is 3.87. The van der Waals surface area contributed by atoms with E-state index in [1.54, 1.807) is 11.1 Å². The number of hydrogen-bond donors (Lipinski definition) is 0. The molecule has 0 N–H and O–H groups in total. The Morgan fingerprint density at radius 3 is 3.00 bits per heavy atom. The van der Waals surface area contributed by atoms with Crippen LogP contribution in [-0.2, 0) is 5.41 Å². The van der Waals surface area contributed by atoms with Crippen molar-refractivity contribution in [2.24, 2.45) is 0 Å². The fourth-order valence-corrected chi connectivity index (χ4v) is 3.16. The molecule has 1 aromatic carbocycles. The van der Waals surface area contributed by atoms with Gasteiger partial charge in [-0.3, -0.25) is 0 Å². The second kappa shape index (κ2) is 2.50. The van der Waals surface area contributed by atoms with Gasteiger partial charge in [0.05, 0.1) is 0 Å². The van der Waals surface area contributed by atoms with Crippen LogP contribution in [0.5, 0.6) is 0 Å². The van der Waals surface area contributed by atoms with Crippen molar-refractivity contribution in [2.45, 2.75) is 38.0 Å². The zero-order valence-corrected chi connectivity index (χ0v) is 8.88. The Hall–Kier alpha value is -1.04. The lowest BCUT2D eigenvalue weighted by atomic mass is 9.86. The first-order chi connectivity index (χ1) is 6.68. The second-order valence-corrected chi connectivity index (χ2v) is 5.23. The quantitative estimate of drug-likeness (QED) is 0.574. The highest BCUT2D eigenvalue weighted by molar-refractivity contribution is 5.63. The molecule has 0 spiro atoms. The minimum absolute atomic E-state index is 0.391. The number of hydrogen-bond acceptors (Lipinski definition) is 0. The first-order valence-electron chi connectivity index (χ1n) is 5.48. The van der Waals surface area contributed by atoms with Crippen LogP contribution in [0.4, 0.5) is 0 Å². The van der Waals surface area contributed by atoms with Crippen LogP contribution in [0.15, 0.2) is 24.3 Å². The van der Waals surface area contributed by atoms with Crippen LogP contribution in [0.2, 0.25) is 0 Å². The van der Waals surface area contributed by atoms with Crippen LogP contribution in [0.25, 0.3) is 6.08 Å². The summed E-state index contributed by atoms with van der Waals surface area (Å²) in [5, 5.41) is 0. The summed E-state index contributed by atoms with van der Waals surface area (Å²) in [5.41, 5.74) is 5.08. The van der Waals surface area contributed by atoms with Gasteiger partial charge in [0, 0.05) is 0 Å². The molecule has 0 saturated carbocycles. The number of rotatable bonds is 0. The van der Waals surface area contributed by atoms with Crippen LogP contribution in [-0.4, -0.2) is 0 Å². The maximum absolute atomic E-state index is 2.38. The summed E-state index contributed by atoms with van der Waals surface area (Å²) in [6.07, 6.45) is 7.19. The molecule has 0 radical (unpaired) electrons. The van der Waals surface area contributed by atoms with Crippen molar-refractivity contribution in [3.05, 3.63) is 41.0 Å². The zero-order chi connectivity index (χ0) is 9.76. The molecule has 14 heavy (non-hydrogen) atoms. The highest BCUT2D eigenvalue weighted by atomic mass is 14.4. The van der Waals surface area contributed by atoms with Crippen molar-refractivity contribution in [3.8, 4) is 0 Å². The van der Waals surface area contributed by atoms with Gasteiger partial charge in [0.2, 0.25) is 0 Å². The minimum atomic E-state index is 0.391. The third-order valence-electron chi connectivity index (χ3n) is 3.75. The van der Waals surface area contributed by atoms with E-state index in [-0.39, 0.29) is 0 Å². The second-order valence-electron chi connectivity index (χ2n) is 5.23. The molecule has 3 rings (SSSR count). The van der Waals surface area contributed by atoms with Crippen LogP contribution in [0.1, 0.15) is 49.3 Å². The molecule has 0 aromatic heterocycles. The van der Waals surface area contributed by atoms with Gasteiger partial charge in [0.15, 0.2) is 0 Å². The van der Waals surface area contributed by atoms with E-state index < -0.39 is 0 Å². The molecule has 0 bridgehead atoms. The Labute approximate surface area is 85.6 Å². The summed E-state index contributed by atoms with van der Waals surface area (Å²) in [4.78, 5) is 0. The van der Waals surface area contributed by atoms with Crippen molar-refractivity contribution >= 4 is 6.08 Å². The average Bonchev–Trinajstić information content (AvgIpc) is 2.41. The number of benzene rings is 1. The van der Waals surface area contributed by atoms with Crippen molar-refractivity contribution in [1.29, 1.82) is 0 Å². The van der Waals surface area contributed by atoms with Crippen molar-refractivity contribution in [2.75, 3.05) is 0 Å². The third-order valence-corrected chi connectivity index (χ3v) is 3.75. The average molecular weight is 184 g/mol. The van der Waals surface area contributed by atoms with E-state index in [9.17, 15) is 0 Å².